The first-order chi connectivity index (χ1) is 15.4. The second-order valence-electron chi connectivity index (χ2n) is 7.80. The van der Waals surface area contributed by atoms with Crippen molar-refractivity contribution in [3.05, 3.63) is 65.5 Å². The molecule has 32 heavy (non-hydrogen) atoms. The molecule has 0 radical (unpaired) electrons. The van der Waals surface area contributed by atoms with Crippen molar-refractivity contribution in [2.75, 3.05) is 13.1 Å². The third-order valence-electron chi connectivity index (χ3n) is 5.47. The Hall–Kier alpha value is -3.04. The van der Waals surface area contributed by atoms with Crippen LogP contribution in [-0.4, -0.2) is 42.0 Å². The molecule has 2 heterocycles. The molecule has 4 rings (SSSR count). The van der Waals surface area contributed by atoms with Gasteiger partial charge in [0.15, 0.2) is 6.10 Å². The molecule has 1 aliphatic rings. The molecular weight excluding hydrogens is 430 g/mol. The molecule has 0 bridgehead atoms. The van der Waals surface area contributed by atoms with Gasteiger partial charge in [-0.3, -0.25) is 0 Å². The van der Waals surface area contributed by atoms with Gasteiger partial charge in [-0.2, -0.15) is 4.31 Å². The second kappa shape index (κ2) is 9.22. The van der Waals surface area contributed by atoms with E-state index in [1.807, 2.05) is 30.3 Å². The summed E-state index contributed by atoms with van der Waals surface area (Å²) in [5.41, 5.74) is 1.57. The number of aromatic nitrogens is 2. The highest BCUT2D eigenvalue weighted by Crippen LogP contribution is 2.26. The summed E-state index contributed by atoms with van der Waals surface area (Å²) in [7, 11) is -3.66. The van der Waals surface area contributed by atoms with Gasteiger partial charge in [0, 0.05) is 18.7 Å². The monoisotopic (exact) mass is 455 g/mol. The first-order valence-corrected chi connectivity index (χ1v) is 12.0. The number of rotatable bonds is 6. The van der Waals surface area contributed by atoms with Gasteiger partial charge in [-0.1, -0.05) is 30.7 Å². The maximum Gasteiger partial charge on any atom is 0.339 e. The van der Waals surface area contributed by atoms with E-state index in [9.17, 15) is 13.2 Å². The normalized spacial score (nSPS) is 15.9. The van der Waals surface area contributed by atoms with Crippen molar-refractivity contribution >= 4 is 16.0 Å². The van der Waals surface area contributed by atoms with Crippen LogP contribution in [0.4, 0.5) is 0 Å². The smallest absolute Gasteiger partial charge is 0.339 e. The van der Waals surface area contributed by atoms with Crippen LogP contribution < -0.4 is 0 Å². The van der Waals surface area contributed by atoms with Crippen molar-refractivity contribution in [2.45, 2.75) is 44.1 Å². The molecule has 168 valence electrons. The fourth-order valence-electron chi connectivity index (χ4n) is 3.61. The van der Waals surface area contributed by atoms with E-state index in [1.165, 1.54) is 16.4 Å². The van der Waals surface area contributed by atoms with Gasteiger partial charge in [-0.25, -0.2) is 13.2 Å². The van der Waals surface area contributed by atoms with Gasteiger partial charge in [0.1, 0.15) is 0 Å². The van der Waals surface area contributed by atoms with Crippen molar-refractivity contribution < 1.29 is 22.4 Å². The predicted octanol–water partition coefficient (Wildman–Crippen LogP) is 4.14. The number of esters is 1. The Morgan fingerprint density at radius 2 is 1.78 bits per heavy atom. The molecule has 0 saturated carbocycles. The Morgan fingerprint density at radius 3 is 2.50 bits per heavy atom. The van der Waals surface area contributed by atoms with E-state index in [2.05, 4.69) is 10.2 Å². The summed E-state index contributed by atoms with van der Waals surface area (Å²) in [4.78, 5) is 13.0. The lowest BCUT2D eigenvalue weighted by Crippen LogP contribution is -2.35. The molecule has 8 nitrogen and oxygen atoms in total. The molecule has 1 aliphatic heterocycles. The van der Waals surface area contributed by atoms with Crippen molar-refractivity contribution in [3.63, 3.8) is 0 Å². The standard InChI is InChI=1S/C23H25N3O5S/c1-16-11-12-19(32(28,29)26-13-7-4-8-14-26)15-20(16)23(27)30-17(2)21-24-25-22(31-21)18-9-5-3-6-10-18/h3,5-6,9-12,15,17H,4,7-8,13-14H2,1-2H3/t17-/m0/s1. The SMILES string of the molecule is Cc1ccc(S(=O)(=O)N2CCCCC2)cc1C(=O)O[C@@H](C)c1nnc(-c2ccccc2)o1. The number of carbonyl (C=O) groups excluding carboxylic acids is 1. The summed E-state index contributed by atoms with van der Waals surface area (Å²) < 4.78 is 38.6. The summed E-state index contributed by atoms with van der Waals surface area (Å²) in [6.07, 6.45) is 1.91. The Morgan fingerprint density at radius 1 is 1.06 bits per heavy atom. The largest absolute Gasteiger partial charge is 0.449 e. The lowest BCUT2D eigenvalue weighted by Gasteiger charge is -2.26. The number of benzene rings is 2. The lowest BCUT2D eigenvalue weighted by atomic mass is 10.1. The second-order valence-corrected chi connectivity index (χ2v) is 9.74. The minimum absolute atomic E-state index is 0.0914. The lowest BCUT2D eigenvalue weighted by molar-refractivity contribution is 0.0278. The van der Waals surface area contributed by atoms with Gasteiger partial charge < -0.3 is 9.15 Å². The highest BCUT2D eigenvalue weighted by atomic mass is 32.2. The molecule has 0 N–H and O–H groups in total. The third kappa shape index (κ3) is 4.58. The van der Waals surface area contributed by atoms with E-state index in [1.54, 1.807) is 19.9 Å². The van der Waals surface area contributed by atoms with Crippen LogP contribution in [0.3, 0.4) is 0 Å². The molecule has 1 fully saturated rings. The molecule has 9 heteroatoms. The van der Waals surface area contributed by atoms with Crippen LogP contribution >= 0.6 is 0 Å². The molecule has 0 amide bonds. The number of piperidine rings is 1. The zero-order valence-corrected chi connectivity index (χ0v) is 18.8. The van der Waals surface area contributed by atoms with Gasteiger partial charge >= 0.3 is 5.97 Å². The number of ether oxygens (including phenoxy) is 1. The molecule has 0 unspecified atom stereocenters. The summed E-state index contributed by atoms with van der Waals surface area (Å²) in [5, 5.41) is 7.99. The van der Waals surface area contributed by atoms with E-state index in [4.69, 9.17) is 9.15 Å². The van der Waals surface area contributed by atoms with Crippen LogP contribution in [0.25, 0.3) is 11.5 Å². The fraction of sp³-hybridized carbons (Fsp3) is 0.348. The van der Waals surface area contributed by atoms with E-state index < -0.39 is 22.1 Å². The predicted molar refractivity (Wildman–Crippen MR) is 117 cm³/mol. The number of hydrogen-bond acceptors (Lipinski definition) is 7. The van der Waals surface area contributed by atoms with Crippen molar-refractivity contribution in [3.8, 4) is 11.5 Å². The third-order valence-corrected chi connectivity index (χ3v) is 7.37. The zero-order chi connectivity index (χ0) is 22.7. The number of carbonyl (C=O) groups is 1. The van der Waals surface area contributed by atoms with Crippen LogP contribution in [0.2, 0.25) is 0 Å². The fourth-order valence-corrected chi connectivity index (χ4v) is 5.15. The highest BCUT2D eigenvalue weighted by Gasteiger charge is 2.28. The van der Waals surface area contributed by atoms with Crippen LogP contribution in [0.5, 0.6) is 0 Å². The van der Waals surface area contributed by atoms with E-state index in [0.717, 1.165) is 24.8 Å². The maximum atomic E-state index is 13.0. The minimum atomic E-state index is -3.66. The number of aryl methyl sites for hydroxylation is 1. The van der Waals surface area contributed by atoms with Gasteiger partial charge in [0.05, 0.1) is 10.5 Å². The van der Waals surface area contributed by atoms with Gasteiger partial charge in [0.2, 0.25) is 15.9 Å². The minimum Gasteiger partial charge on any atom is -0.449 e. The summed E-state index contributed by atoms with van der Waals surface area (Å²) in [6, 6.07) is 13.8. The molecule has 3 aromatic rings. The van der Waals surface area contributed by atoms with Crippen LogP contribution in [0.1, 0.15) is 54.1 Å². The quantitative estimate of drug-likeness (QED) is 0.515. The van der Waals surface area contributed by atoms with Crippen LogP contribution in [0.15, 0.2) is 57.8 Å². The van der Waals surface area contributed by atoms with E-state index in [-0.39, 0.29) is 16.3 Å². The first-order valence-electron chi connectivity index (χ1n) is 10.6. The maximum absolute atomic E-state index is 13.0. The Balaban J connectivity index is 1.52. The van der Waals surface area contributed by atoms with Crippen LogP contribution in [-0.2, 0) is 14.8 Å². The van der Waals surface area contributed by atoms with E-state index >= 15 is 0 Å². The number of sulfonamides is 1. The number of nitrogens with zero attached hydrogens (tertiary/aromatic N) is 3. The average molecular weight is 456 g/mol. The summed E-state index contributed by atoms with van der Waals surface area (Å²) >= 11 is 0. The molecule has 0 spiro atoms. The molecular formula is C23H25N3O5S. The first kappa shape index (κ1) is 22.2. The Labute approximate surface area is 187 Å². The number of hydrogen-bond donors (Lipinski definition) is 0. The van der Waals surface area contributed by atoms with Crippen molar-refractivity contribution in [1.29, 1.82) is 0 Å². The van der Waals surface area contributed by atoms with Crippen molar-refractivity contribution in [2.24, 2.45) is 0 Å². The Kier molecular flexibility index (Phi) is 6.38. The molecule has 1 aromatic heterocycles. The van der Waals surface area contributed by atoms with Gasteiger partial charge in [-0.05, 0) is 56.5 Å². The Bertz CT molecular complexity index is 1200. The van der Waals surface area contributed by atoms with Crippen molar-refractivity contribution in [1.82, 2.24) is 14.5 Å². The van der Waals surface area contributed by atoms with Gasteiger partial charge in [-0.15, -0.1) is 10.2 Å². The topological polar surface area (TPSA) is 103 Å². The summed E-state index contributed by atoms with van der Waals surface area (Å²) in [5.74, 6) is -0.161. The molecule has 1 saturated heterocycles. The van der Waals surface area contributed by atoms with E-state index in [0.29, 0.717) is 24.5 Å². The molecule has 2 aromatic carbocycles. The van der Waals surface area contributed by atoms with Crippen LogP contribution in [0, 0.1) is 6.92 Å². The zero-order valence-electron chi connectivity index (χ0n) is 18.0. The molecule has 0 aliphatic carbocycles. The highest BCUT2D eigenvalue weighted by molar-refractivity contribution is 7.89. The van der Waals surface area contributed by atoms with Gasteiger partial charge in [0.25, 0.3) is 5.89 Å². The average Bonchev–Trinajstić information content (AvgIpc) is 3.31. The molecule has 1 atom stereocenters. The summed E-state index contributed by atoms with van der Waals surface area (Å²) in [6.45, 7) is 4.35.